The van der Waals surface area contributed by atoms with Gasteiger partial charge in [-0.2, -0.15) is 0 Å². The molecule has 0 spiro atoms. The molecule has 1 unspecified atom stereocenters. The highest BCUT2D eigenvalue weighted by molar-refractivity contribution is 6.46. The molecular formula is C23H24FNO5. The number of amides is 1. The monoisotopic (exact) mass is 413 g/mol. The van der Waals surface area contributed by atoms with Crippen LogP contribution >= 0.6 is 0 Å². The van der Waals surface area contributed by atoms with Crippen LogP contribution in [0.3, 0.4) is 0 Å². The van der Waals surface area contributed by atoms with Gasteiger partial charge in [-0.1, -0.05) is 24.3 Å². The maximum atomic E-state index is 13.5. The van der Waals surface area contributed by atoms with Crippen molar-refractivity contribution in [2.24, 2.45) is 0 Å². The number of rotatable bonds is 7. The lowest BCUT2D eigenvalue weighted by atomic mass is 9.95. The highest BCUT2D eigenvalue weighted by atomic mass is 19.1. The average Bonchev–Trinajstić information content (AvgIpc) is 2.98. The van der Waals surface area contributed by atoms with Gasteiger partial charge in [0.25, 0.3) is 11.7 Å². The molecule has 1 saturated heterocycles. The molecule has 158 valence electrons. The highest BCUT2D eigenvalue weighted by Gasteiger charge is 2.46. The topological polar surface area (TPSA) is 76.1 Å². The van der Waals surface area contributed by atoms with Crippen molar-refractivity contribution >= 4 is 17.4 Å². The summed E-state index contributed by atoms with van der Waals surface area (Å²) in [4.78, 5) is 27.1. The van der Waals surface area contributed by atoms with Crippen LogP contribution in [0.5, 0.6) is 5.75 Å². The molecule has 3 rings (SSSR count). The van der Waals surface area contributed by atoms with Crippen molar-refractivity contribution in [2.75, 3.05) is 20.3 Å². The predicted molar refractivity (Wildman–Crippen MR) is 109 cm³/mol. The standard InChI is InChI=1S/C23H24FNO5/c1-14(2)30-13-12-25-20(15-8-10-16(24)11-9-15)19(22(27)23(25)28)21(26)17-6-4-5-7-18(17)29-3/h4-11,14,20,26H,12-13H2,1-3H3/b21-19-. The van der Waals surface area contributed by atoms with E-state index in [1.165, 1.54) is 36.3 Å². The zero-order chi connectivity index (χ0) is 21.8. The first-order valence-electron chi connectivity index (χ1n) is 9.64. The number of nitrogens with zero attached hydrogens (tertiary/aromatic N) is 1. The molecule has 0 aliphatic carbocycles. The minimum absolute atomic E-state index is 0.0420. The molecule has 2 aromatic carbocycles. The number of aliphatic hydroxyl groups excluding tert-OH is 1. The van der Waals surface area contributed by atoms with E-state index in [1.54, 1.807) is 24.3 Å². The van der Waals surface area contributed by atoms with Crippen LogP contribution in [0.1, 0.15) is 31.0 Å². The Morgan fingerprint density at radius 1 is 1.13 bits per heavy atom. The molecule has 2 aromatic rings. The lowest BCUT2D eigenvalue weighted by Gasteiger charge is -2.25. The molecule has 1 heterocycles. The summed E-state index contributed by atoms with van der Waals surface area (Å²) in [5, 5.41) is 11.0. The molecule has 0 radical (unpaired) electrons. The van der Waals surface area contributed by atoms with Gasteiger partial charge in [0.05, 0.1) is 37.0 Å². The van der Waals surface area contributed by atoms with Gasteiger partial charge in [0.1, 0.15) is 17.3 Å². The molecular weight excluding hydrogens is 389 g/mol. The van der Waals surface area contributed by atoms with Crippen LogP contribution in [0.25, 0.3) is 5.76 Å². The number of hydrogen-bond donors (Lipinski definition) is 1. The van der Waals surface area contributed by atoms with Crippen LogP contribution in [0.15, 0.2) is 54.1 Å². The van der Waals surface area contributed by atoms with E-state index in [4.69, 9.17) is 9.47 Å². The van der Waals surface area contributed by atoms with Crippen molar-refractivity contribution < 1.29 is 28.6 Å². The van der Waals surface area contributed by atoms with Crippen LogP contribution < -0.4 is 4.74 Å². The smallest absolute Gasteiger partial charge is 0.295 e. The van der Waals surface area contributed by atoms with Gasteiger partial charge in [-0.3, -0.25) is 9.59 Å². The Labute approximate surface area is 174 Å². The van der Waals surface area contributed by atoms with Gasteiger partial charge < -0.3 is 19.5 Å². The Bertz CT molecular complexity index is 968. The number of benzene rings is 2. The van der Waals surface area contributed by atoms with Crippen molar-refractivity contribution in [1.29, 1.82) is 0 Å². The quantitative estimate of drug-likeness (QED) is 0.426. The van der Waals surface area contributed by atoms with Gasteiger partial charge in [0.15, 0.2) is 0 Å². The van der Waals surface area contributed by atoms with Gasteiger partial charge in [0, 0.05) is 6.54 Å². The fourth-order valence-electron chi connectivity index (χ4n) is 3.47. The lowest BCUT2D eigenvalue weighted by molar-refractivity contribution is -0.140. The molecule has 0 bridgehead atoms. The number of hydrogen-bond acceptors (Lipinski definition) is 5. The van der Waals surface area contributed by atoms with E-state index < -0.39 is 23.5 Å². The summed E-state index contributed by atoms with van der Waals surface area (Å²) in [5.41, 5.74) is 0.737. The van der Waals surface area contributed by atoms with Crippen molar-refractivity contribution in [1.82, 2.24) is 4.90 Å². The van der Waals surface area contributed by atoms with Gasteiger partial charge in [-0.15, -0.1) is 0 Å². The second kappa shape index (κ2) is 9.09. The number of likely N-dealkylation sites (tertiary alicyclic amines) is 1. The number of para-hydroxylation sites is 1. The van der Waals surface area contributed by atoms with Gasteiger partial charge in [-0.05, 0) is 43.7 Å². The molecule has 1 aliphatic rings. The Balaban J connectivity index is 2.12. The number of aliphatic hydroxyl groups is 1. The Kier molecular flexibility index (Phi) is 6.52. The summed E-state index contributed by atoms with van der Waals surface area (Å²) < 4.78 is 24.3. The first-order chi connectivity index (χ1) is 14.3. The van der Waals surface area contributed by atoms with Crippen LogP contribution in [-0.2, 0) is 14.3 Å². The van der Waals surface area contributed by atoms with Gasteiger partial charge >= 0.3 is 0 Å². The molecule has 0 saturated carbocycles. The third kappa shape index (κ3) is 4.21. The fraction of sp³-hybridized carbons (Fsp3) is 0.304. The zero-order valence-electron chi connectivity index (χ0n) is 17.1. The summed E-state index contributed by atoms with van der Waals surface area (Å²) >= 11 is 0. The van der Waals surface area contributed by atoms with Gasteiger partial charge in [-0.25, -0.2) is 4.39 Å². The maximum absolute atomic E-state index is 13.5. The van der Waals surface area contributed by atoms with Crippen molar-refractivity contribution in [2.45, 2.75) is 26.0 Å². The van der Waals surface area contributed by atoms with E-state index in [0.29, 0.717) is 16.9 Å². The van der Waals surface area contributed by atoms with Crippen molar-refractivity contribution in [3.05, 3.63) is 71.0 Å². The Morgan fingerprint density at radius 3 is 2.43 bits per heavy atom. The van der Waals surface area contributed by atoms with Crippen LogP contribution in [0.4, 0.5) is 4.39 Å². The third-order valence-electron chi connectivity index (χ3n) is 4.87. The van der Waals surface area contributed by atoms with Crippen molar-refractivity contribution in [3.63, 3.8) is 0 Å². The Morgan fingerprint density at radius 2 is 1.80 bits per heavy atom. The Hall–Kier alpha value is -3.19. The molecule has 6 nitrogen and oxygen atoms in total. The van der Waals surface area contributed by atoms with E-state index in [2.05, 4.69) is 0 Å². The molecule has 7 heteroatoms. The minimum atomic E-state index is -0.869. The summed E-state index contributed by atoms with van der Waals surface area (Å²) in [6.07, 6.45) is -0.0420. The first kappa shape index (κ1) is 21.5. The van der Waals surface area contributed by atoms with Crippen LogP contribution in [-0.4, -0.2) is 48.1 Å². The molecule has 1 N–H and O–H groups in total. The second-order valence-corrected chi connectivity index (χ2v) is 7.16. The number of carbonyl (C=O) groups excluding carboxylic acids is 2. The molecule has 1 aliphatic heterocycles. The van der Waals surface area contributed by atoms with E-state index in [9.17, 15) is 19.1 Å². The lowest BCUT2D eigenvalue weighted by Crippen LogP contribution is -2.33. The largest absolute Gasteiger partial charge is 0.507 e. The summed E-state index contributed by atoms with van der Waals surface area (Å²) in [6.45, 7) is 4.10. The highest BCUT2D eigenvalue weighted by Crippen LogP contribution is 2.40. The summed E-state index contributed by atoms with van der Waals surface area (Å²) in [7, 11) is 1.45. The molecule has 1 atom stereocenters. The maximum Gasteiger partial charge on any atom is 0.295 e. The third-order valence-corrected chi connectivity index (χ3v) is 4.87. The molecule has 1 amide bonds. The van der Waals surface area contributed by atoms with Crippen molar-refractivity contribution in [3.8, 4) is 5.75 Å². The number of Topliss-reactive ketones (excluding diaryl/α,β-unsaturated/α-hetero) is 1. The summed E-state index contributed by atoms with van der Waals surface area (Å²) in [6, 6.07) is 11.3. The van der Waals surface area contributed by atoms with E-state index in [0.717, 1.165) is 0 Å². The summed E-state index contributed by atoms with van der Waals surface area (Å²) in [5.74, 6) is -1.97. The van der Waals surface area contributed by atoms with Crippen LogP contribution in [0, 0.1) is 5.82 Å². The van der Waals surface area contributed by atoms with E-state index in [-0.39, 0.29) is 30.6 Å². The molecule has 0 aromatic heterocycles. The number of halogens is 1. The zero-order valence-corrected chi connectivity index (χ0v) is 17.1. The number of ether oxygens (including phenoxy) is 2. The average molecular weight is 413 g/mol. The van der Waals surface area contributed by atoms with E-state index in [1.807, 2.05) is 13.8 Å². The first-order valence-corrected chi connectivity index (χ1v) is 9.64. The van der Waals surface area contributed by atoms with E-state index >= 15 is 0 Å². The normalized spacial score (nSPS) is 18.3. The SMILES string of the molecule is COc1ccccc1/C(O)=C1/C(=O)C(=O)N(CCOC(C)C)C1c1ccc(F)cc1. The second-order valence-electron chi connectivity index (χ2n) is 7.16. The van der Waals surface area contributed by atoms with Crippen LogP contribution in [0.2, 0.25) is 0 Å². The molecule has 1 fully saturated rings. The number of ketones is 1. The minimum Gasteiger partial charge on any atom is -0.507 e. The number of methoxy groups -OCH3 is 1. The number of carbonyl (C=O) groups is 2. The predicted octanol–water partition coefficient (Wildman–Crippen LogP) is 3.68. The van der Waals surface area contributed by atoms with Gasteiger partial charge in [0.2, 0.25) is 0 Å². The molecule has 30 heavy (non-hydrogen) atoms. The fourth-order valence-corrected chi connectivity index (χ4v) is 3.47.